The fourth-order valence-corrected chi connectivity index (χ4v) is 1.86. The third kappa shape index (κ3) is 6.26. The van der Waals surface area contributed by atoms with Crippen molar-refractivity contribution in [3.8, 4) is 5.75 Å². The van der Waals surface area contributed by atoms with Gasteiger partial charge in [-0.25, -0.2) is 6.07 Å². The number of morpholine rings is 1. The van der Waals surface area contributed by atoms with Crippen molar-refractivity contribution >= 4 is 11.4 Å². The van der Waals surface area contributed by atoms with E-state index in [2.05, 4.69) is 20.9 Å². The molecule has 0 unspecified atom stereocenters. The van der Waals surface area contributed by atoms with Crippen LogP contribution in [0.1, 0.15) is 0 Å². The average molecular weight is 376 g/mol. The Kier molecular flexibility index (Phi) is 8.96. The van der Waals surface area contributed by atoms with Gasteiger partial charge in [0.25, 0.3) is 0 Å². The molecule has 0 aromatic carbocycles. The predicted octanol–water partition coefficient (Wildman–Crippen LogP) is 1.39. The number of nitrogens with two attached hydrogens (primary N) is 1. The van der Waals surface area contributed by atoms with Crippen LogP contribution in [0.15, 0.2) is 36.9 Å². The van der Waals surface area contributed by atoms with E-state index < -0.39 is 0 Å². The third-order valence-corrected chi connectivity index (χ3v) is 2.93. The first kappa shape index (κ1) is 18.8. The molecule has 3 rings (SSSR count). The van der Waals surface area contributed by atoms with E-state index in [0.29, 0.717) is 5.69 Å². The number of nitrogen functional groups attached to an aromatic ring is 1. The van der Waals surface area contributed by atoms with Crippen molar-refractivity contribution in [1.29, 1.82) is 0 Å². The van der Waals surface area contributed by atoms with Crippen LogP contribution >= 0.6 is 0 Å². The molecule has 22 heavy (non-hydrogen) atoms. The molecule has 1 aliphatic heterocycles. The molecule has 7 heteroatoms. The van der Waals surface area contributed by atoms with Crippen LogP contribution in [0.3, 0.4) is 0 Å². The second-order valence-corrected chi connectivity index (χ2v) is 4.40. The standard InChI is InChI=1S/C9H13N3O.C6H6NO.Y/c10-8-5-9(7-11-6-8)12-1-3-13-4-2-12;1-8-6-3-2-4-7-5-6;/h5-7H,1-4,10H2;3-5H,1H3;/q;-1;. The molecule has 0 amide bonds. The molecule has 3 heterocycles. The van der Waals surface area contributed by atoms with Crippen LogP contribution < -0.4 is 15.4 Å². The predicted molar refractivity (Wildman–Crippen MR) is 81.3 cm³/mol. The molecule has 6 nitrogen and oxygen atoms in total. The number of hydrogen-bond acceptors (Lipinski definition) is 6. The summed E-state index contributed by atoms with van der Waals surface area (Å²) in [5, 5.41) is 0. The van der Waals surface area contributed by atoms with Crippen LogP contribution in [-0.4, -0.2) is 43.4 Å². The number of methoxy groups -OCH3 is 1. The maximum absolute atomic E-state index is 5.64. The molecule has 0 spiro atoms. The zero-order valence-electron chi connectivity index (χ0n) is 12.6. The van der Waals surface area contributed by atoms with E-state index in [4.69, 9.17) is 15.2 Å². The number of anilines is 2. The Hall–Kier alpha value is -1.24. The number of rotatable bonds is 2. The van der Waals surface area contributed by atoms with Gasteiger partial charge in [-0.05, 0) is 18.0 Å². The van der Waals surface area contributed by atoms with Crippen LogP contribution in [0.25, 0.3) is 0 Å². The summed E-state index contributed by atoms with van der Waals surface area (Å²) in [4.78, 5) is 10.1. The van der Waals surface area contributed by atoms with Gasteiger partial charge in [-0.2, -0.15) is 6.07 Å². The molecule has 1 aliphatic rings. The summed E-state index contributed by atoms with van der Waals surface area (Å²) in [5.41, 5.74) is 7.44. The number of aromatic nitrogens is 2. The number of hydrogen-bond donors (Lipinski definition) is 1. The maximum Gasteiger partial charge on any atom is 0.0642 e. The first-order valence-electron chi connectivity index (χ1n) is 6.68. The first-order valence-corrected chi connectivity index (χ1v) is 6.68. The first-order chi connectivity index (χ1) is 10.3. The smallest absolute Gasteiger partial charge is 0.0642 e. The van der Waals surface area contributed by atoms with Gasteiger partial charge in [0.15, 0.2) is 0 Å². The molecule has 0 atom stereocenters. The van der Waals surface area contributed by atoms with Crippen molar-refractivity contribution in [2.75, 3.05) is 44.0 Å². The summed E-state index contributed by atoms with van der Waals surface area (Å²) in [5.74, 6) is 0.743. The number of pyridine rings is 2. The van der Waals surface area contributed by atoms with Crippen molar-refractivity contribution in [3.05, 3.63) is 43.0 Å². The maximum atomic E-state index is 5.64. The van der Waals surface area contributed by atoms with Crippen LogP contribution in [0.5, 0.6) is 5.75 Å². The minimum atomic E-state index is 0. The molecule has 115 valence electrons. The van der Waals surface area contributed by atoms with Crippen molar-refractivity contribution < 1.29 is 42.2 Å². The fraction of sp³-hybridized carbons (Fsp3) is 0.333. The zero-order valence-corrected chi connectivity index (χ0v) is 15.4. The molecule has 0 saturated carbocycles. The normalized spacial score (nSPS) is 13.4. The van der Waals surface area contributed by atoms with E-state index in [9.17, 15) is 0 Å². The third-order valence-electron chi connectivity index (χ3n) is 2.93. The van der Waals surface area contributed by atoms with Crippen molar-refractivity contribution in [3.63, 3.8) is 0 Å². The van der Waals surface area contributed by atoms with E-state index in [-0.39, 0.29) is 32.7 Å². The van der Waals surface area contributed by atoms with E-state index in [1.165, 1.54) is 0 Å². The van der Waals surface area contributed by atoms with Crippen LogP contribution in [0.2, 0.25) is 0 Å². The van der Waals surface area contributed by atoms with E-state index in [1.54, 1.807) is 31.8 Å². The summed E-state index contributed by atoms with van der Waals surface area (Å²) in [6.45, 7) is 3.42. The number of nitrogens with zero attached hydrogens (tertiary/aromatic N) is 3. The minimum absolute atomic E-state index is 0. The van der Waals surface area contributed by atoms with E-state index >= 15 is 0 Å². The van der Waals surface area contributed by atoms with E-state index in [1.807, 2.05) is 12.3 Å². The molecule has 2 N–H and O–H groups in total. The van der Waals surface area contributed by atoms with Crippen LogP contribution in [0, 0.1) is 6.07 Å². The Bertz CT molecular complexity index is 536. The topological polar surface area (TPSA) is 73.5 Å². The van der Waals surface area contributed by atoms with Crippen molar-refractivity contribution in [2.45, 2.75) is 0 Å². The Morgan fingerprint density at radius 2 is 2.00 bits per heavy atom. The molecule has 2 aromatic heterocycles. The zero-order chi connectivity index (χ0) is 14.9. The average Bonchev–Trinajstić information content (AvgIpc) is 2.57. The molecular weight excluding hydrogens is 357 g/mol. The summed E-state index contributed by atoms with van der Waals surface area (Å²) in [7, 11) is 1.60. The summed E-state index contributed by atoms with van der Waals surface area (Å²) < 4.78 is 10.1. The Morgan fingerprint density at radius 1 is 1.23 bits per heavy atom. The summed E-state index contributed by atoms with van der Waals surface area (Å²) in [6, 6.07) is 6.45. The SMILES string of the molecule is COc1c[c-]cnc1.Nc1cncc(N2CCOCC2)c1.[Y]. The molecule has 1 radical (unpaired) electrons. The Balaban J connectivity index is 0.000000234. The monoisotopic (exact) mass is 376 g/mol. The Labute approximate surface area is 155 Å². The van der Waals surface area contributed by atoms with Crippen molar-refractivity contribution in [2.24, 2.45) is 0 Å². The van der Waals surface area contributed by atoms with Gasteiger partial charge < -0.3 is 25.1 Å². The molecular formula is C15H19N4O2Y-. The van der Waals surface area contributed by atoms with E-state index in [0.717, 1.165) is 37.7 Å². The van der Waals surface area contributed by atoms with Gasteiger partial charge in [0.1, 0.15) is 0 Å². The van der Waals surface area contributed by atoms with Crippen LogP contribution in [0.4, 0.5) is 11.4 Å². The molecule has 0 aliphatic carbocycles. The quantitative estimate of drug-likeness (QED) is 0.799. The summed E-state index contributed by atoms with van der Waals surface area (Å²) >= 11 is 0. The minimum Gasteiger partial charge on any atom is -0.580 e. The fourth-order valence-electron chi connectivity index (χ4n) is 1.86. The van der Waals surface area contributed by atoms with Crippen LogP contribution in [-0.2, 0) is 37.4 Å². The molecule has 0 bridgehead atoms. The molecule has 1 fully saturated rings. The van der Waals surface area contributed by atoms with Gasteiger partial charge in [-0.15, -0.1) is 0 Å². The van der Waals surface area contributed by atoms with Gasteiger partial charge in [0, 0.05) is 52.0 Å². The van der Waals surface area contributed by atoms with Gasteiger partial charge in [-0.1, -0.05) is 6.20 Å². The second-order valence-electron chi connectivity index (χ2n) is 4.40. The van der Waals surface area contributed by atoms with Gasteiger partial charge >= 0.3 is 0 Å². The largest absolute Gasteiger partial charge is 0.580 e. The van der Waals surface area contributed by atoms with Crippen molar-refractivity contribution in [1.82, 2.24) is 9.97 Å². The number of ether oxygens (including phenoxy) is 2. The molecule has 2 aromatic rings. The Morgan fingerprint density at radius 3 is 2.55 bits per heavy atom. The van der Waals surface area contributed by atoms with Gasteiger partial charge in [0.2, 0.25) is 0 Å². The molecule has 1 saturated heterocycles. The van der Waals surface area contributed by atoms with Gasteiger partial charge in [-0.3, -0.25) is 4.98 Å². The second kappa shape index (κ2) is 10.5. The summed E-state index contributed by atoms with van der Waals surface area (Å²) in [6.07, 6.45) is 6.71. The van der Waals surface area contributed by atoms with Gasteiger partial charge in [0.05, 0.1) is 37.9 Å².